The van der Waals surface area contributed by atoms with Crippen molar-refractivity contribution in [1.29, 1.82) is 0 Å². The number of carbonyl (C=O) groups excluding carboxylic acids is 1. The molecule has 1 amide bonds. The predicted octanol–water partition coefficient (Wildman–Crippen LogP) is 2.45. The minimum absolute atomic E-state index is 0.110. The Morgan fingerprint density at radius 2 is 2.12 bits per heavy atom. The van der Waals surface area contributed by atoms with Gasteiger partial charge in [0.25, 0.3) is 0 Å². The molecule has 0 radical (unpaired) electrons. The maximum atomic E-state index is 11.7. The van der Waals surface area contributed by atoms with Gasteiger partial charge in [-0.1, -0.05) is 42.8 Å². The molecule has 0 unspecified atom stereocenters. The van der Waals surface area contributed by atoms with Crippen LogP contribution in [-0.4, -0.2) is 16.0 Å². The van der Waals surface area contributed by atoms with Gasteiger partial charge in [0.05, 0.1) is 5.69 Å². The quantitative estimate of drug-likeness (QED) is 0.821. The number of alkyl halides is 1. The van der Waals surface area contributed by atoms with Crippen LogP contribution in [0.2, 0.25) is 0 Å². The van der Waals surface area contributed by atoms with E-state index in [4.69, 9.17) is 0 Å². The molecule has 4 nitrogen and oxygen atoms in total. The number of amides is 1. The van der Waals surface area contributed by atoms with Crippen LogP contribution in [0.3, 0.4) is 0 Å². The third kappa shape index (κ3) is 3.57. The van der Waals surface area contributed by atoms with Gasteiger partial charge in [-0.2, -0.15) is 0 Å². The summed E-state index contributed by atoms with van der Waals surface area (Å²) < 4.78 is 0. The number of nitrogens with zero attached hydrogens (tertiary/aromatic N) is 1. The van der Waals surface area contributed by atoms with Gasteiger partial charge in [0.15, 0.2) is 5.01 Å². The SMILES string of the molecule is CC(C)(C)C(=O)Nc1cccc([C@H](O)Br)n1. The Hall–Kier alpha value is -0.940. The highest BCUT2D eigenvalue weighted by molar-refractivity contribution is 9.09. The summed E-state index contributed by atoms with van der Waals surface area (Å²) in [6, 6.07) is 5.08. The van der Waals surface area contributed by atoms with E-state index in [1.165, 1.54) is 0 Å². The molecular weight excluding hydrogens is 272 g/mol. The number of aliphatic hydroxyl groups is 1. The van der Waals surface area contributed by atoms with Crippen molar-refractivity contribution in [3.05, 3.63) is 23.9 Å². The van der Waals surface area contributed by atoms with Gasteiger partial charge in [0.1, 0.15) is 5.82 Å². The molecule has 1 aromatic heterocycles. The van der Waals surface area contributed by atoms with Gasteiger partial charge in [-0.3, -0.25) is 4.79 Å². The number of anilines is 1. The van der Waals surface area contributed by atoms with E-state index >= 15 is 0 Å². The Bertz CT molecular complexity index is 386. The van der Waals surface area contributed by atoms with Crippen molar-refractivity contribution >= 4 is 27.7 Å². The summed E-state index contributed by atoms with van der Waals surface area (Å²) in [5, 5.41) is 11.2. The van der Waals surface area contributed by atoms with E-state index < -0.39 is 10.4 Å². The minimum Gasteiger partial charge on any atom is -0.376 e. The van der Waals surface area contributed by atoms with Crippen molar-refractivity contribution in [2.75, 3.05) is 5.32 Å². The van der Waals surface area contributed by atoms with Crippen molar-refractivity contribution in [3.8, 4) is 0 Å². The topological polar surface area (TPSA) is 62.2 Å². The zero-order valence-corrected chi connectivity index (χ0v) is 11.1. The van der Waals surface area contributed by atoms with Crippen LogP contribution in [0.5, 0.6) is 0 Å². The number of aromatic nitrogens is 1. The number of aliphatic hydroxyl groups excluding tert-OH is 1. The summed E-state index contributed by atoms with van der Waals surface area (Å²) in [5.41, 5.74) is -0.00301. The smallest absolute Gasteiger partial charge is 0.230 e. The van der Waals surface area contributed by atoms with Crippen LogP contribution in [0, 0.1) is 5.41 Å². The molecule has 0 aliphatic heterocycles. The number of halogens is 1. The van der Waals surface area contributed by atoms with Crippen LogP contribution < -0.4 is 5.32 Å². The Morgan fingerprint density at radius 1 is 1.50 bits per heavy atom. The normalized spacial score (nSPS) is 13.3. The maximum absolute atomic E-state index is 11.7. The van der Waals surface area contributed by atoms with Gasteiger partial charge < -0.3 is 10.4 Å². The van der Waals surface area contributed by atoms with Gasteiger partial charge in [-0.25, -0.2) is 4.98 Å². The van der Waals surface area contributed by atoms with E-state index in [9.17, 15) is 9.90 Å². The van der Waals surface area contributed by atoms with Gasteiger partial charge in [-0.05, 0) is 12.1 Å². The third-order valence-electron chi connectivity index (χ3n) is 1.94. The summed E-state index contributed by atoms with van der Waals surface area (Å²) >= 11 is 3.00. The molecule has 0 aliphatic carbocycles. The van der Waals surface area contributed by atoms with Crippen LogP contribution in [-0.2, 0) is 4.79 Å². The average Bonchev–Trinajstić information content (AvgIpc) is 2.16. The van der Waals surface area contributed by atoms with E-state index in [0.717, 1.165) is 0 Å². The van der Waals surface area contributed by atoms with E-state index in [2.05, 4.69) is 26.2 Å². The van der Waals surface area contributed by atoms with Crippen LogP contribution in [0.25, 0.3) is 0 Å². The lowest BCUT2D eigenvalue weighted by molar-refractivity contribution is -0.123. The number of carbonyl (C=O) groups is 1. The summed E-state index contributed by atoms with van der Waals surface area (Å²) in [6.07, 6.45) is 0. The summed E-state index contributed by atoms with van der Waals surface area (Å²) in [5.74, 6) is 0.331. The summed E-state index contributed by atoms with van der Waals surface area (Å²) in [6.45, 7) is 5.47. The van der Waals surface area contributed by atoms with Gasteiger partial charge in [0.2, 0.25) is 5.91 Å². The van der Waals surface area contributed by atoms with E-state index in [-0.39, 0.29) is 5.91 Å². The Kier molecular flexibility index (Phi) is 4.04. The second-order valence-corrected chi connectivity index (χ2v) is 5.35. The van der Waals surface area contributed by atoms with Crippen molar-refractivity contribution in [2.45, 2.75) is 25.8 Å². The molecule has 1 aromatic rings. The second kappa shape index (κ2) is 4.93. The first-order valence-electron chi connectivity index (χ1n) is 4.91. The minimum atomic E-state index is -0.820. The predicted molar refractivity (Wildman–Crippen MR) is 66.2 cm³/mol. The number of nitrogens with one attached hydrogen (secondary N) is 1. The zero-order valence-electron chi connectivity index (χ0n) is 9.49. The largest absolute Gasteiger partial charge is 0.376 e. The van der Waals surface area contributed by atoms with Crippen LogP contribution in [0.1, 0.15) is 31.5 Å². The number of rotatable bonds is 2. The molecule has 0 fully saturated rings. The highest BCUT2D eigenvalue weighted by atomic mass is 79.9. The van der Waals surface area contributed by atoms with Crippen molar-refractivity contribution in [1.82, 2.24) is 4.98 Å². The molecule has 0 aromatic carbocycles. The van der Waals surface area contributed by atoms with Crippen molar-refractivity contribution < 1.29 is 9.90 Å². The second-order valence-electron chi connectivity index (χ2n) is 4.49. The number of hydrogen-bond acceptors (Lipinski definition) is 3. The maximum Gasteiger partial charge on any atom is 0.230 e. The first kappa shape index (κ1) is 13.1. The monoisotopic (exact) mass is 286 g/mol. The number of pyridine rings is 1. The summed E-state index contributed by atoms with van der Waals surface area (Å²) in [4.78, 5) is 15.8. The molecule has 2 N–H and O–H groups in total. The molecule has 0 bridgehead atoms. The first-order chi connectivity index (χ1) is 7.30. The number of hydrogen-bond donors (Lipinski definition) is 2. The highest BCUT2D eigenvalue weighted by Crippen LogP contribution is 2.20. The third-order valence-corrected chi connectivity index (χ3v) is 2.41. The van der Waals surface area contributed by atoms with E-state index in [1.54, 1.807) is 18.2 Å². The standard InChI is InChI=1S/C11H15BrN2O2/c1-11(2,3)10(16)14-8-6-4-5-7(13-8)9(12)15/h4-6,9,15H,1-3H3,(H,13,14,16)/t9-/m0/s1. The fraction of sp³-hybridized carbons (Fsp3) is 0.455. The molecule has 0 saturated heterocycles. The van der Waals surface area contributed by atoms with Gasteiger partial charge >= 0.3 is 0 Å². The molecule has 88 valence electrons. The van der Waals surface area contributed by atoms with Gasteiger partial charge in [-0.15, -0.1) is 0 Å². The van der Waals surface area contributed by atoms with Crippen molar-refractivity contribution in [2.24, 2.45) is 5.41 Å². The summed E-state index contributed by atoms with van der Waals surface area (Å²) in [7, 11) is 0. The molecule has 0 saturated carbocycles. The molecule has 0 aliphatic rings. The molecule has 0 spiro atoms. The van der Waals surface area contributed by atoms with Crippen LogP contribution in [0.15, 0.2) is 18.2 Å². The lowest BCUT2D eigenvalue weighted by atomic mass is 9.96. The van der Waals surface area contributed by atoms with E-state index in [1.807, 2.05) is 20.8 Å². The molecule has 1 heterocycles. The lowest BCUT2D eigenvalue weighted by Gasteiger charge is -2.17. The lowest BCUT2D eigenvalue weighted by Crippen LogP contribution is -2.28. The average molecular weight is 287 g/mol. The molecule has 16 heavy (non-hydrogen) atoms. The highest BCUT2D eigenvalue weighted by Gasteiger charge is 2.21. The molecule has 1 rings (SSSR count). The fourth-order valence-electron chi connectivity index (χ4n) is 0.958. The van der Waals surface area contributed by atoms with Crippen LogP contribution in [0.4, 0.5) is 5.82 Å². The molecule has 5 heteroatoms. The Balaban J connectivity index is 2.83. The van der Waals surface area contributed by atoms with Crippen LogP contribution >= 0.6 is 15.9 Å². The van der Waals surface area contributed by atoms with E-state index in [0.29, 0.717) is 11.5 Å². The first-order valence-corrected chi connectivity index (χ1v) is 5.83. The molecular formula is C11H15BrN2O2. The zero-order chi connectivity index (χ0) is 12.3. The van der Waals surface area contributed by atoms with Crippen molar-refractivity contribution in [3.63, 3.8) is 0 Å². The Morgan fingerprint density at radius 3 is 2.62 bits per heavy atom. The fourth-order valence-corrected chi connectivity index (χ4v) is 1.21. The van der Waals surface area contributed by atoms with Gasteiger partial charge in [0, 0.05) is 5.41 Å². The Labute approximate surface area is 103 Å². The molecule has 1 atom stereocenters.